The SMILES string of the molecule is COc1nc(N2C=C(CC#N)N(C(=O)OC(C)(C)C)CC2)c2cnc(Cl)c(F)c2n1. The Balaban J connectivity index is 2.06. The topological polar surface area (TPSA) is 104 Å². The van der Waals surface area contributed by atoms with E-state index in [9.17, 15) is 14.4 Å². The lowest BCUT2D eigenvalue weighted by molar-refractivity contribution is 0.0308. The molecule has 0 saturated carbocycles. The van der Waals surface area contributed by atoms with Crippen molar-refractivity contribution in [2.75, 3.05) is 25.1 Å². The monoisotopic (exact) mass is 434 g/mol. The van der Waals surface area contributed by atoms with Crippen molar-refractivity contribution in [1.82, 2.24) is 19.9 Å². The highest BCUT2D eigenvalue weighted by Gasteiger charge is 2.30. The summed E-state index contributed by atoms with van der Waals surface area (Å²) in [6.45, 7) is 5.84. The minimum absolute atomic E-state index is 0.0334. The normalized spacial score (nSPS) is 14.4. The van der Waals surface area contributed by atoms with E-state index in [0.717, 1.165) is 0 Å². The van der Waals surface area contributed by atoms with Gasteiger partial charge in [0.05, 0.1) is 30.7 Å². The van der Waals surface area contributed by atoms with Crippen LogP contribution in [0.3, 0.4) is 0 Å². The van der Waals surface area contributed by atoms with Crippen molar-refractivity contribution in [3.05, 3.63) is 29.1 Å². The first-order chi connectivity index (χ1) is 14.1. The Morgan fingerprint density at radius 2 is 2.10 bits per heavy atom. The molecule has 0 aromatic carbocycles. The number of halogens is 2. The zero-order chi connectivity index (χ0) is 22.1. The van der Waals surface area contributed by atoms with Crippen molar-refractivity contribution in [3.63, 3.8) is 0 Å². The number of hydrogen-bond donors (Lipinski definition) is 0. The van der Waals surface area contributed by atoms with Gasteiger partial charge < -0.3 is 14.4 Å². The van der Waals surface area contributed by atoms with E-state index in [2.05, 4.69) is 15.0 Å². The lowest BCUT2D eigenvalue weighted by atomic mass is 10.2. The first-order valence-corrected chi connectivity index (χ1v) is 9.43. The smallest absolute Gasteiger partial charge is 0.414 e. The van der Waals surface area contributed by atoms with Crippen LogP contribution in [0.15, 0.2) is 18.1 Å². The molecule has 1 amide bonds. The molecule has 30 heavy (non-hydrogen) atoms. The summed E-state index contributed by atoms with van der Waals surface area (Å²) in [7, 11) is 1.36. The van der Waals surface area contributed by atoms with Gasteiger partial charge in [0.15, 0.2) is 11.0 Å². The highest BCUT2D eigenvalue weighted by Crippen LogP contribution is 2.32. The number of pyridine rings is 1. The van der Waals surface area contributed by atoms with Crippen LogP contribution in [0.5, 0.6) is 6.01 Å². The van der Waals surface area contributed by atoms with Crippen LogP contribution in [0.2, 0.25) is 5.15 Å². The van der Waals surface area contributed by atoms with E-state index in [-0.39, 0.29) is 29.6 Å². The molecule has 0 unspecified atom stereocenters. The lowest BCUT2D eigenvalue weighted by Gasteiger charge is -2.35. The summed E-state index contributed by atoms with van der Waals surface area (Å²) in [5.74, 6) is -0.469. The van der Waals surface area contributed by atoms with Crippen LogP contribution in [-0.2, 0) is 4.74 Å². The average Bonchev–Trinajstić information content (AvgIpc) is 2.69. The summed E-state index contributed by atoms with van der Waals surface area (Å²) < 4.78 is 25.0. The zero-order valence-electron chi connectivity index (χ0n) is 16.9. The molecule has 0 spiro atoms. The minimum Gasteiger partial charge on any atom is -0.467 e. The number of carbonyl (C=O) groups excluding carboxylic acids is 1. The number of ether oxygens (including phenoxy) is 2. The number of fused-ring (bicyclic) bond motifs is 1. The van der Waals surface area contributed by atoms with Crippen LogP contribution >= 0.6 is 11.6 Å². The fraction of sp³-hybridized carbons (Fsp3) is 0.421. The van der Waals surface area contributed by atoms with Crippen LogP contribution in [0.25, 0.3) is 10.9 Å². The van der Waals surface area contributed by atoms with Crippen molar-refractivity contribution in [2.45, 2.75) is 32.8 Å². The summed E-state index contributed by atoms with van der Waals surface area (Å²) in [4.78, 5) is 27.8. The molecule has 3 heterocycles. The number of aromatic nitrogens is 3. The molecule has 0 radical (unpaired) electrons. The summed E-state index contributed by atoms with van der Waals surface area (Å²) in [5, 5.41) is 9.22. The van der Waals surface area contributed by atoms with Crippen molar-refractivity contribution >= 4 is 34.4 Å². The van der Waals surface area contributed by atoms with Gasteiger partial charge >= 0.3 is 12.1 Å². The standard InChI is InChI=1S/C19H20ClFN6O3/c1-19(2,3)30-18(28)27-8-7-26(10-11(27)5-6-22)16-12-9-23-15(20)13(21)14(12)24-17(25-16)29-4/h9-10H,5,7-8H2,1-4H3. The Labute approximate surface area is 177 Å². The molecule has 158 valence electrons. The molecule has 0 N–H and O–H groups in total. The Morgan fingerprint density at radius 1 is 1.37 bits per heavy atom. The third-order valence-corrected chi connectivity index (χ3v) is 4.41. The van der Waals surface area contributed by atoms with Crippen molar-refractivity contribution in [1.29, 1.82) is 5.26 Å². The molecule has 2 aromatic heterocycles. The molecule has 9 nitrogen and oxygen atoms in total. The van der Waals surface area contributed by atoms with E-state index < -0.39 is 17.5 Å². The fourth-order valence-electron chi connectivity index (χ4n) is 2.89. The number of carbonyl (C=O) groups is 1. The molecule has 11 heteroatoms. The Kier molecular flexibility index (Phi) is 5.94. The molecule has 3 rings (SSSR count). The predicted molar refractivity (Wildman–Crippen MR) is 107 cm³/mol. The molecule has 0 bridgehead atoms. The number of anilines is 1. The van der Waals surface area contributed by atoms with Gasteiger partial charge in [-0.1, -0.05) is 11.6 Å². The molecular weight excluding hydrogens is 415 g/mol. The van der Waals surface area contributed by atoms with Crippen LogP contribution in [0, 0.1) is 17.1 Å². The van der Waals surface area contributed by atoms with Gasteiger partial charge in [0, 0.05) is 25.5 Å². The summed E-state index contributed by atoms with van der Waals surface area (Å²) in [6.07, 6.45) is 2.39. The second kappa shape index (κ2) is 8.28. The van der Waals surface area contributed by atoms with E-state index in [0.29, 0.717) is 23.4 Å². The zero-order valence-corrected chi connectivity index (χ0v) is 17.7. The highest BCUT2D eigenvalue weighted by atomic mass is 35.5. The van der Waals surface area contributed by atoms with Gasteiger partial charge in [-0.3, -0.25) is 4.90 Å². The Morgan fingerprint density at radius 3 is 2.73 bits per heavy atom. The molecule has 0 aliphatic carbocycles. The largest absolute Gasteiger partial charge is 0.467 e. The van der Waals surface area contributed by atoms with Gasteiger partial charge in [-0.05, 0) is 20.8 Å². The van der Waals surface area contributed by atoms with Gasteiger partial charge in [-0.2, -0.15) is 15.2 Å². The number of allylic oxidation sites excluding steroid dienone is 1. The molecule has 0 fully saturated rings. The average molecular weight is 435 g/mol. The van der Waals surface area contributed by atoms with Crippen LogP contribution in [0.1, 0.15) is 27.2 Å². The number of rotatable bonds is 3. The predicted octanol–water partition coefficient (Wildman–Crippen LogP) is 3.64. The molecule has 0 saturated heterocycles. The minimum atomic E-state index is -0.787. The Hall–Kier alpha value is -3.19. The molecule has 2 aromatic rings. The lowest BCUT2D eigenvalue weighted by Crippen LogP contribution is -2.44. The third-order valence-electron chi connectivity index (χ3n) is 4.15. The first-order valence-electron chi connectivity index (χ1n) is 9.05. The van der Waals surface area contributed by atoms with E-state index in [1.165, 1.54) is 18.2 Å². The molecule has 1 aliphatic rings. The van der Waals surface area contributed by atoms with Crippen molar-refractivity contribution in [3.8, 4) is 12.1 Å². The van der Waals surface area contributed by atoms with Gasteiger partial charge in [0.25, 0.3) is 0 Å². The van der Waals surface area contributed by atoms with Crippen molar-refractivity contribution < 1.29 is 18.7 Å². The number of methoxy groups -OCH3 is 1. The van der Waals surface area contributed by atoms with Crippen LogP contribution in [0.4, 0.5) is 15.0 Å². The molecular formula is C19H20ClFN6O3. The van der Waals surface area contributed by atoms with Gasteiger partial charge in [-0.25, -0.2) is 14.2 Å². The Bertz CT molecular complexity index is 1060. The van der Waals surface area contributed by atoms with Gasteiger partial charge in [0.2, 0.25) is 0 Å². The summed E-state index contributed by atoms with van der Waals surface area (Å²) >= 11 is 5.79. The van der Waals surface area contributed by atoms with E-state index in [4.69, 9.17) is 21.1 Å². The van der Waals surface area contributed by atoms with Crippen LogP contribution in [-0.4, -0.2) is 51.7 Å². The van der Waals surface area contributed by atoms with E-state index in [1.54, 1.807) is 31.9 Å². The maximum Gasteiger partial charge on any atom is 0.414 e. The fourth-order valence-corrected chi connectivity index (χ4v) is 3.03. The van der Waals surface area contributed by atoms with E-state index >= 15 is 0 Å². The maximum absolute atomic E-state index is 14.5. The van der Waals surface area contributed by atoms with Gasteiger partial charge in [-0.15, -0.1) is 0 Å². The second-order valence-electron chi connectivity index (χ2n) is 7.44. The third kappa shape index (κ3) is 4.36. The quantitative estimate of drug-likeness (QED) is 0.674. The first kappa shape index (κ1) is 21.5. The highest BCUT2D eigenvalue weighted by molar-refractivity contribution is 6.30. The van der Waals surface area contributed by atoms with Crippen LogP contribution < -0.4 is 9.64 Å². The number of amides is 1. The van der Waals surface area contributed by atoms with Crippen molar-refractivity contribution in [2.24, 2.45) is 0 Å². The number of hydrogen-bond acceptors (Lipinski definition) is 8. The maximum atomic E-state index is 14.5. The molecule has 0 atom stereocenters. The molecule has 1 aliphatic heterocycles. The van der Waals surface area contributed by atoms with E-state index in [1.807, 2.05) is 6.07 Å². The summed E-state index contributed by atoms with van der Waals surface area (Å²) in [6, 6.07) is 1.99. The number of nitrogens with zero attached hydrogens (tertiary/aromatic N) is 6. The summed E-state index contributed by atoms with van der Waals surface area (Å²) in [5.41, 5.74) is -0.294. The second-order valence-corrected chi connectivity index (χ2v) is 7.80. The number of nitriles is 1. The van der Waals surface area contributed by atoms with Gasteiger partial charge in [0.1, 0.15) is 16.9 Å².